The molecule has 0 aliphatic rings. The summed E-state index contributed by atoms with van der Waals surface area (Å²) in [7, 11) is 0. The first kappa shape index (κ1) is 21.4. The number of tetrazole rings is 1. The Morgan fingerprint density at radius 3 is 2.24 bits per heavy atom. The number of nitrogens with zero attached hydrogens (tertiary/aromatic N) is 4. The summed E-state index contributed by atoms with van der Waals surface area (Å²) in [6, 6.07) is 25.6. The van der Waals surface area contributed by atoms with E-state index in [1.165, 1.54) is 0 Å². The Kier molecular flexibility index (Phi) is 6.29. The number of hydrogen-bond donors (Lipinski definition) is 1. The molecular formula is C26H23N5O3. The Morgan fingerprint density at radius 1 is 0.735 bits per heavy atom. The molecule has 8 nitrogen and oxygen atoms in total. The van der Waals surface area contributed by atoms with Crippen LogP contribution in [0.15, 0.2) is 78.9 Å². The number of aromatic nitrogens is 5. The summed E-state index contributed by atoms with van der Waals surface area (Å²) in [5.41, 5.74) is 4.01. The number of rotatable bonds is 9. The predicted octanol–water partition coefficient (Wildman–Crippen LogP) is 4.79. The second-order valence-corrected chi connectivity index (χ2v) is 7.75. The summed E-state index contributed by atoms with van der Waals surface area (Å²) in [5, 5.41) is 14.8. The van der Waals surface area contributed by atoms with Crippen molar-refractivity contribution in [1.82, 2.24) is 25.6 Å². The molecule has 3 aromatic carbocycles. The number of aryl methyl sites for hydroxylation is 1. The van der Waals surface area contributed by atoms with Crippen LogP contribution in [0.4, 0.5) is 0 Å². The van der Waals surface area contributed by atoms with Gasteiger partial charge in [0.2, 0.25) is 5.82 Å². The summed E-state index contributed by atoms with van der Waals surface area (Å²) in [6.45, 7) is 3.15. The molecule has 1 N–H and O–H groups in total. The second kappa shape index (κ2) is 9.99. The number of aromatic amines is 1. The minimum Gasteiger partial charge on any atom is -0.489 e. The van der Waals surface area contributed by atoms with E-state index in [1.807, 2.05) is 79.7 Å². The van der Waals surface area contributed by atoms with Crippen LogP contribution in [0, 0.1) is 6.92 Å². The molecule has 0 aliphatic heterocycles. The Morgan fingerprint density at radius 2 is 1.47 bits per heavy atom. The van der Waals surface area contributed by atoms with E-state index in [0.29, 0.717) is 19.0 Å². The predicted molar refractivity (Wildman–Crippen MR) is 127 cm³/mol. The SMILES string of the molecule is Cc1cc(OCc2nn[nH]n2)ccc1COc1ccc(OCc2ccc3ccccc3n2)cc1. The fourth-order valence-corrected chi connectivity index (χ4v) is 3.45. The lowest BCUT2D eigenvalue weighted by Crippen LogP contribution is -2.01. The number of fused-ring (bicyclic) bond motifs is 1. The molecule has 5 rings (SSSR count). The van der Waals surface area contributed by atoms with Crippen molar-refractivity contribution in [2.45, 2.75) is 26.7 Å². The molecule has 2 heterocycles. The summed E-state index contributed by atoms with van der Waals surface area (Å²) in [5.74, 6) is 2.79. The highest BCUT2D eigenvalue weighted by atomic mass is 16.5. The fourth-order valence-electron chi connectivity index (χ4n) is 3.45. The monoisotopic (exact) mass is 453 g/mol. The van der Waals surface area contributed by atoms with Gasteiger partial charge in [-0.3, -0.25) is 0 Å². The lowest BCUT2D eigenvalue weighted by Gasteiger charge is -2.12. The first-order valence-corrected chi connectivity index (χ1v) is 10.9. The Labute approximate surface area is 196 Å². The third-order valence-corrected chi connectivity index (χ3v) is 5.33. The van der Waals surface area contributed by atoms with Gasteiger partial charge in [-0.05, 0) is 66.6 Å². The average molecular weight is 454 g/mol. The van der Waals surface area contributed by atoms with E-state index in [0.717, 1.165) is 45.0 Å². The van der Waals surface area contributed by atoms with Crippen LogP contribution in [0.5, 0.6) is 17.2 Å². The number of para-hydroxylation sites is 1. The maximum absolute atomic E-state index is 5.96. The minimum absolute atomic E-state index is 0.261. The number of benzene rings is 3. The molecule has 0 atom stereocenters. The van der Waals surface area contributed by atoms with E-state index >= 15 is 0 Å². The minimum atomic E-state index is 0.261. The van der Waals surface area contributed by atoms with E-state index in [9.17, 15) is 0 Å². The van der Waals surface area contributed by atoms with Gasteiger partial charge in [0.1, 0.15) is 30.5 Å². The van der Waals surface area contributed by atoms with Gasteiger partial charge in [-0.2, -0.15) is 5.21 Å². The van der Waals surface area contributed by atoms with Gasteiger partial charge in [0.15, 0.2) is 6.61 Å². The number of ether oxygens (including phenoxy) is 3. The van der Waals surface area contributed by atoms with Crippen molar-refractivity contribution in [3.05, 3.63) is 102 Å². The standard InChI is InChI=1S/C26H23N5O3/c1-18-14-24(34-17-26-28-30-31-29-26)9-7-20(18)15-32-22-10-12-23(13-11-22)33-16-21-8-6-19-4-2-3-5-25(19)27-21/h2-14H,15-17H2,1H3,(H,28,29,30,31). The third kappa shape index (κ3) is 5.29. The maximum Gasteiger partial charge on any atom is 0.211 e. The summed E-state index contributed by atoms with van der Waals surface area (Å²) in [6.07, 6.45) is 0. The van der Waals surface area contributed by atoms with Gasteiger partial charge in [-0.25, -0.2) is 4.98 Å². The van der Waals surface area contributed by atoms with Gasteiger partial charge >= 0.3 is 0 Å². The molecule has 2 aromatic heterocycles. The lowest BCUT2D eigenvalue weighted by atomic mass is 10.1. The molecule has 0 unspecified atom stereocenters. The van der Waals surface area contributed by atoms with Crippen LogP contribution >= 0.6 is 0 Å². The Bertz CT molecular complexity index is 1370. The van der Waals surface area contributed by atoms with E-state index in [1.54, 1.807) is 0 Å². The van der Waals surface area contributed by atoms with Gasteiger partial charge in [0.25, 0.3) is 0 Å². The van der Waals surface area contributed by atoms with Crippen molar-refractivity contribution < 1.29 is 14.2 Å². The Hall–Kier alpha value is -4.46. The molecule has 170 valence electrons. The molecule has 34 heavy (non-hydrogen) atoms. The van der Waals surface area contributed by atoms with Crippen LogP contribution in [0.25, 0.3) is 10.9 Å². The molecule has 0 fully saturated rings. The smallest absolute Gasteiger partial charge is 0.211 e. The van der Waals surface area contributed by atoms with Gasteiger partial charge < -0.3 is 14.2 Å². The summed E-state index contributed by atoms with van der Waals surface area (Å²) < 4.78 is 17.5. The molecule has 8 heteroatoms. The lowest BCUT2D eigenvalue weighted by molar-refractivity contribution is 0.291. The first-order chi connectivity index (χ1) is 16.7. The van der Waals surface area contributed by atoms with E-state index in [4.69, 9.17) is 14.2 Å². The largest absolute Gasteiger partial charge is 0.489 e. The molecule has 0 aliphatic carbocycles. The molecular weight excluding hydrogens is 430 g/mol. The van der Waals surface area contributed by atoms with Crippen LogP contribution in [0.1, 0.15) is 22.6 Å². The van der Waals surface area contributed by atoms with Crippen molar-refractivity contribution in [1.29, 1.82) is 0 Å². The average Bonchev–Trinajstić information content (AvgIpc) is 3.40. The molecule has 0 amide bonds. The van der Waals surface area contributed by atoms with E-state index in [-0.39, 0.29) is 6.61 Å². The highest BCUT2D eigenvalue weighted by Crippen LogP contribution is 2.22. The fraction of sp³-hybridized carbons (Fsp3) is 0.154. The van der Waals surface area contributed by atoms with E-state index < -0.39 is 0 Å². The zero-order valence-corrected chi connectivity index (χ0v) is 18.6. The van der Waals surface area contributed by atoms with Crippen LogP contribution in [0.3, 0.4) is 0 Å². The van der Waals surface area contributed by atoms with Gasteiger partial charge in [-0.1, -0.05) is 35.5 Å². The maximum atomic E-state index is 5.96. The number of nitrogens with one attached hydrogen (secondary N) is 1. The number of pyridine rings is 1. The quantitative estimate of drug-likeness (QED) is 0.343. The molecule has 0 saturated heterocycles. The van der Waals surface area contributed by atoms with Crippen molar-refractivity contribution in [3.63, 3.8) is 0 Å². The summed E-state index contributed by atoms with van der Waals surface area (Å²) >= 11 is 0. The number of hydrogen-bond acceptors (Lipinski definition) is 7. The Balaban J connectivity index is 1.13. The van der Waals surface area contributed by atoms with Crippen LogP contribution in [-0.4, -0.2) is 25.6 Å². The van der Waals surface area contributed by atoms with Gasteiger partial charge in [0, 0.05) is 5.39 Å². The van der Waals surface area contributed by atoms with Crippen molar-refractivity contribution in [3.8, 4) is 17.2 Å². The highest BCUT2D eigenvalue weighted by Gasteiger charge is 2.06. The first-order valence-electron chi connectivity index (χ1n) is 10.9. The molecule has 0 bridgehead atoms. The zero-order valence-electron chi connectivity index (χ0n) is 18.6. The van der Waals surface area contributed by atoms with Crippen molar-refractivity contribution in [2.75, 3.05) is 0 Å². The molecule has 0 saturated carbocycles. The third-order valence-electron chi connectivity index (χ3n) is 5.33. The van der Waals surface area contributed by atoms with Gasteiger partial charge in [0.05, 0.1) is 11.2 Å². The van der Waals surface area contributed by atoms with E-state index in [2.05, 4.69) is 31.7 Å². The molecule has 5 aromatic rings. The molecule has 0 radical (unpaired) electrons. The van der Waals surface area contributed by atoms with Gasteiger partial charge in [-0.15, -0.1) is 10.2 Å². The summed E-state index contributed by atoms with van der Waals surface area (Å²) in [4.78, 5) is 4.64. The van der Waals surface area contributed by atoms with Crippen LogP contribution in [0.2, 0.25) is 0 Å². The van der Waals surface area contributed by atoms with Crippen molar-refractivity contribution in [2.24, 2.45) is 0 Å². The number of H-pyrrole nitrogens is 1. The molecule has 0 spiro atoms. The normalized spacial score (nSPS) is 10.9. The topological polar surface area (TPSA) is 95.0 Å². The van der Waals surface area contributed by atoms with Crippen LogP contribution < -0.4 is 14.2 Å². The highest BCUT2D eigenvalue weighted by molar-refractivity contribution is 5.78. The van der Waals surface area contributed by atoms with Crippen molar-refractivity contribution >= 4 is 10.9 Å². The second-order valence-electron chi connectivity index (χ2n) is 7.75. The zero-order chi connectivity index (χ0) is 23.2. The van der Waals surface area contributed by atoms with Crippen LogP contribution in [-0.2, 0) is 19.8 Å².